The molecule has 100 valence electrons. The highest BCUT2D eigenvalue weighted by atomic mass is 16.3. The molecule has 1 aliphatic carbocycles. The topological polar surface area (TPSA) is 61.4 Å². The Bertz CT molecular complexity index is 225. The minimum atomic E-state index is 0.00658. The second-order valence-electron chi connectivity index (χ2n) is 5.32. The van der Waals surface area contributed by atoms with Gasteiger partial charge in [0, 0.05) is 12.1 Å². The standard InChI is InChI=1S/C13H26N2O2/c1-10(2)12(9-16)14-8-13(17)15-11-6-4-3-5-7-11/h10-12,14,16H,3-9H2,1-2H3,(H,15,17). The molecule has 0 aromatic rings. The molecule has 1 rings (SSSR count). The first kappa shape index (κ1) is 14.5. The van der Waals surface area contributed by atoms with Gasteiger partial charge in [-0.2, -0.15) is 0 Å². The molecule has 1 unspecified atom stereocenters. The van der Waals surface area contributed by atoms with Crippen molar-refractivity contribution in [2.75, 3.05) is 13.2 Å². The third-order valence-electron chi connectivity index (χ3n) is 3.50. The van der Waals surface area contributed by atoms with E-state index in [1.807, 2.05) is 13.8 Å². The minimum absolute atomic E-state index is 0.00658. The molecular formula is C13H26N2O2. The van der Waals surface area contributed by atoms with Crippen LogP contribution < -0.4 is 10.6 Å². The monoisotopic (exact) mass is 242 g/mol. The summed E-state index contributed by atoms with van der Waals surface area (Å²) in [6.45, 7) is 4.45. The van der Waals surface area contributed by atoms with Crippen molar-refractivity contribution in [1.29, 1.82) is 0 Å². The molecule has 0 aromatic carbocycles. The zero-order valence-corrected chi connectivity index (χ0v) is 11.0. The van der Waals surface area contributed by atoms with Gasteiger partial charge < -0.3 is 15.7 Å². The highest BCUT2D eigenvalue weighted by molar-refractivity contribution is 5.78. The van der Waals surface area contributed by atoms with Crippen molar-refractivity contribution in [2.45, 2.75) is 58.0 Å². The molecule has 1 saturated carbocycles. The first-order valence-electron chi connectivity index (χ1n) is 6.77. The van der Waals surface area contributed by atoms with Gasteiger partial charge in [-0.15, -0.1) is 0 Å². The van der Waals surface area contributed by atoms with Crippen LogP contribution in [0.25, 0.3) is 0 Å². The molecule has 0 heterocycles. The average Bonchev–Trinajstić information content (AvgIpc) is 2.30. The van der Waals surface area contributed by atoms with Crippen LogP contribution in [0, 0.1) is 5.92 Å². The first-order valence-corrected chi connectivity index (χ1v) is 6.77. The Morgan fingerprint density at radius 2 is 1.94 bits per heavy atom. The van der Waals surface area contributed by atoms with Crippen molar-refractivity contribution in [3.8, 4) is 0 Å². The van der Waals surface area contributed by atoms with Crippen LogP contribution in [-0.2, 0) is 4.79 Å². The van der Waals surface area contributed by atoms with Gasteiger partial charge in [-0.3, -0.25) is 4.79 Å². The normalized spacial score (nSPS) is 19.3. The molecule has 0 radical (unpaired) electrons. The average molecular weight is 242 g/mol. The number of aliphatic hydroxyl groups is 1. The predicted molar refractivity (Wildman–Crippen MR) is 68.7 cm³/mol. The summed E-state index contributed by atoms with van der Waals surface area (Å²) < 4.78 is 0. The van der Waals surface area contributed by atoms with Crippen LogP contribution in [0.5, 0.6) is 0 Å². The van der Waals surface area contributed by atoms with Crippen LogP contribution >= 0.6 is 0 Å². The summed E-state index contributed by atoms with van der Waals surface area (Å²) in [5.74, 6) is 0.387. The first-order chi connectivity index (χ1) is 8.13. The number of aliphatic hydroxyl groups excluding tert-OH is 1. The molecule has 0 spiro atoms. The van der Waals surface area contributed by atoms with E-state index in [2.05, 4.69) is 10.6 Å². The van der Waals surface area contributed by atoms with E-state index in [0.717, 1.165) is 12.8 Å². The fraction of sp³-hybridized carbons (Fsp3) is 0.923. The van der Waals surface area contributed by atoms with Crippen LogP contribution in [0.15, 0.2) is 0 Å². The molecular weight excluding hydrogens is 216 g/mol. The molecule has 1 aliphatic rings. The van der Waals surface area contributed by atoms with Gasteiger partial charge in [0.25, 0.3) is 0 Å². The molecule has 1 atom stereocenters. The molecule has 0 saturated heterocycles. The van der Waals surface area contributed by atoms with Crippen LogP contribution in [0.1, 0.15) is 46.0 Å². The Morgan fingerprint density at radius 1 is 1.29 bits per heavy atom. The molecule has 0 bridgehead atoms. The quantitative estimate of drug-likeness (QED) is 0.652. The lowest BCUT2D eigenvalue weighted by atomic mass is 9.95. The highest BCUT2D eigenvalue weighted by Crippen LogP contribution is 2.17. The summed E-state index contributed by atoms with van der Waals surface area (Å²) >= 11 is 0. The van der Waals surface area contributed by atoms with E-state index in [4.69, 9.17) is 5.11 Å². The van der Waals surface area contributed by atoms with E-state index in [0.29, 0.717) is 18.5 Å². The lowest BCUT2D eigenvalue weighted by Gasteiger charge is -2.24. The molecule has 17 heavy (non-hydrogen) atoms. The fourth-order valence-corrected chi connectivity index (χ4v) is 2.26. The van der Waals surface area contributed by atoms with Crippen LogP contribution in [0.3, 0.4) is 0 Å². The minimum Gasteiger partial charge on any atom is -0.395 e. The number of carbonyl (C=O) groups excluding carboxylic acids is 1. The summed E-state index contributed by atoms with van der Waals surface area (Å²) in [6, 6.07) is 0.372. The molecule has 3 N–H and O–H groups in total. The lowest BCUT2D eigenvalue weighted by Crippen LogP contribution is -2.46. The third-order valence-corrected chi connectivity index (χ3v) is 3.50. The van der Waals surface area contributed by atoms with Gasteiger partial charge in [0.1, 0.15) is 0 Å². The Balaban J connectivity index is 2.19. The Kier molecular flexibility index (Phi) is 6.52. The molecule has 1 fully saturated rings. The molecule has 0 aromatic heterocycles. The van der Waals surface area contributed by atoms with Gasteiger partial charge in [0.05, 0.1) is 13.2 Å². The van der Waals surface area contributed by atoms with E-state index in [9.17, 15) is 4.79 Å². The predicted octanol–water partition coefficient (Wildman–Crippen LogP) is 1.04. The Morgan fingerprint density at radius 3 is 2.47 bits per heavy atom. The summed E-state index contributed by atoms with van der Waals surface area (Å²) in [5.41, 5.74) is 0. The SMILES string of the molecule is CC(C)C(CO)NCC(=O)NC1CCCCC1. The van der Waals surface area contributed by atoms with Crippen LogP contribution in [0.2, 0.25) is 0 Å². The largest absolute Gasteiger partial charge is 0.395 e. The second kappa shape index (κ2) is 7.67. The van der Waals surface area contributed by atoms with Gasteiger partial charge in [-0.05, 0) is 18.8 Å². The van der Waals surface area contributed by atoms with Crippen molar-refractivity contribution in [1.82, 2.24) is 10.6 Å². The highest BCUT2D eigenvalue weighted by Gasteiger charge is 2.17. The zero-order valence-electron chi connectivity index (χ0n) is 11.0. The van der Waals surface area contributed by atoms with Crippen LogP contribution in [-0.4, -0.2) is 36.2 Å². The molecule has 4 nitrogen and oxygen atoms in total. The van der Waals surface area contributed by atoms with E-state index in [1.54, 1.807) is 0 Å². The number of hydrogen-bond donors (Lipinski definition) is 3. The third kappa shape index (κ3) is 5.50. The number of amides is 1. The van der Waals surface area contributed by atoms with Gasteiger partial charge in [-0.25, -0.2) is 0 Å². The maximum absolute atomic E-state index is 11.7. The summed E-state index contributed by atoms with van der Waals surface area (Å²) in [5, 5.41) is 15.3. The zero-order chi connectivity index (χ0) is 12.7. The van der Waals surface area contributed by atoms with E-state index in [-0.39, 0.29) is 18.6 Å². The lowest BCUT2D eigenvalue weighted by molar-refractivity contribution is -0.121. The van der Waals surface area contributed by atoms with Crippen molar-refractivity contribution < 1.29 is 9.90 Å². The number of rotatable bonds is 6. The summed E-state index contributed by atoms with van der Waals surface area (Å²) in [4.78, 5) is 11.7. The Hall–Kier alpha value is -0.610. The van der Waals surface area contributed by atoms with Gasteiger partial charge in [-0.1, -0.05) is 33.1 Å². The number of nitrogens with one attached hydrogen (secondary N) is 2. The van der Waals surface area contributed by atoms with Gasteiger partial charge >= 0.3 is 0 Å². The second-order valence-corrected chi connectivity index (χ2v) is 5.32. The van der Waals surface area contributed by atoms with Crippen molar-refractivity contribution in [2.24, 2.45) is 5.92 Å². The van der Waals surface area contributed by atoms with Crippen LogP contribution in [0.4, 0.5) is 0 Å². The molecule has 4 heteroatoms. The van der Waals surface area contributed by atoms with Crippen molar-refractivity contribution in [3.05, 3.63) is 0 Å². The summed E-state index contributed by atoms with van der Waals surface area (Å²) in [6.07, 6.45) is 5.97. The van der Waals surface area contributed by atoms with E-state index in [1.165, 1.54) is 19.3 Å². The van der Waals surface area contributed by atoms with E-state index >= 15 is 0 Å². The molecule has 0 aliphatic heterocycles. The van der Waals surface area contributed by atoms with Crippen molar-refractivity contribution in [3.63, 3.8) is 0 Å². The smallest absolute Gasteiger partial charge is 0.234 e. The number of carbonyl (C=O) groups is 1. The van der Waals surface area contributed by atoms with Crippen molar-refractivity contribution >= 4 is 5.91 Å². The number of hydrogen-bond acceptors (Lipinski definition) is 3. The fourth-order valence-electron chi connectivity index (χ4n) is 2.26. The maximum atomic E-state index is 11.7. The molecule has 1 amide bonds. The summed E-state index contributed by atoms with van der Waals surface area (Å²) in [7, 11) is 0. The van der Waals surface area contributed by atoms with Gasteiger partial charge in [0.2, 0.25) is 5.91 Å². The van der Waals surface area contributed by atoms with Gasteiger partial charge in [0.15, 0.2) is 0 Å². The van der Waals surface area contributed by atoms with E-state index < -0.39 is 0 Å². The Labute approximate surface area is 104 Å². The maximum Gasteiger partial charge on any atom is 0.234 e.